The van der Waals surface area contributed by atoms with Gasteiger partial charge in [-0.3, -0.25) is 4.79 Å². The summed E-state index contributed by atoms with van der Waals surface area (Å²) in [6.07, 6.45) is -3.17. The van der Waals surface area contributed by atoms with Gasteiger partial charge >= 0.3 is 6.18 Å². The van der Waals surface area contributed by atoms with Gasteiger partial charge in [-0.15, -0.1) is 0 Å². The molecule has 0 unspecified atom stereocenters. The molecular weight excluding hydrogens is 299 g/mol. The molecule has 0 atom stereocenters. The Hall–Kier alpha value is -3.02. The number of hydrogen-bond acceptors (Lipinski definition) is 4. The van der Waals surface area contributed by atoms with Gasteiger partial charge in [-0.05, 0) is 24.3 Å². The van der Waals surface area contributed by atoms with Gasteiger partial charge in [0.05, 0.1) is 11.9 Å². The predicted octanol–water partition coefficient (Wildman–Crippen LogP) is 1.62. The molecule has 0 aliphatic heterocycles. The standard InChI is InChI=1S/C13H10F3N5O/c14-13(15,16)7-19-12(22)8-1-3-10(4-2-8)21-11(18)9(5-17)6-20-21/h1-4,6H,7,18H2,(H,19,22). The van der Waals surface area contributed by atoms with Crippen molar-refractivity contribution in [2.24, 2.45) is 0 Å². The number of nitriles is 1. The molecule has 0 saturated carbocycles. The van der Waals surface area contributed by atoms with E-state index in [1.54, 1.807) is 5.32 Å². The molecule has 22 heavy (non-hydrogen) atoms. The monoisotopic (exact) mass is 309 g/mol. The minimum absolute atomic E-state index is 0.0687. The van der Waals surface area contributed by atoms with E-state index in [-0.39, 0.29) is 16.9 Å². The summed E-state index contributed by atoms with van der Waals surface area (Å²) >= 11 is 0. The lowest BCUT2D eigenvalue weighted by atomic mass is 10.2. The van der Waals surface area contributed by atoms with Crippen LogP contribution in [0.15, 0.2) is 30.5 Å². The number of amides is 1. The lowest BCUT2D eigenvalue weighted by Crippen LogP contribution is -2.33. The second-order valence-corrected chi connectivity index (χ2v) is 4.31. The van der Waals surface area contributed by atoms with Crippen molar-refractivity contribution >= 4 is 11.7 Å². The molecule has 1 aromatic heterocycles. The Bertz CT molecular complexity index is 728. The number of nitrogens with zero attached hydrogens (tertiary/aromatic N) is 3. The van der Waals surface area contributed by atoms with Crippen LogP contribution < -0.4 is 11.1 Å². The minimum atomic E-state index is -4.47. The molecule has 0 spiro atoms. The fourth-order valence-electron chi connectivity index (χ4n) is 1.69. The van der Waals surface area contributed by atoms with Crippen LogP contribution in [0.1, 0.15) is 15.9 Å². The lowest BCUT2D eigenvalue weighted by Gasteiger charge is -2.09. The van der Waals surface area contributed by atoms with Gasteiger partial charge in [0.15, 0.2) is 0 Å². The molecule has 114 valence electrons. The average molecular weight is 309 g/mol. The van der Waals surface area contributed by atoms with Crippen LogP contribution >= 0.6 is 0 Å². The second-order valence-electron chi connectivity index (χ2n) is 4.31. The number of halogens is 3. The van der Waals surface area contributed by atoms with Crippen LogP contribution in [0.4, 0.5) is 19.0 Å². The normalized spacial score (nSPS) is 11.0. The Morgan fingerprint density at radius 1 is 1.36 bits per heavy atom. The highest BCUT2D eigenvalue weighted by molar-refractivity contribution is 5.94. The summed E-state index contributed by atoms with van der Waals surface area (Å²) in [6, 6.07) is 7.48. The number of aromatic nitrogens is 2. The molecule has 9 heteroatoms. The average Bonchev–Trinajstić information content (AvgIpc) is 2.85. The number of nitrogens with one attached hydrogen (secondary N) is 1. The number of nitrogen functional groups attached to an aromatic ring is 1. The van der Waals surface area contributed by atoms with Crippen LogP contribution in [0, 0.1) is 11.3 Å². The number of nitrogens with two attached hydrogens (primary N) is 1. The first-order valence-corrected chi connectivity index (χ1v) is 6.01. The van der Waals surface area contributed by atoms with E-state index in [1.807, 2.05) is 6.07 Å². The van der Waals surface area contributed by atoms with Crippen molar-refractivity contribution in [1.82, 2.24) is 15.1 Å². The van der Waals surface area contributed by atoms with Crippen LogP contribution in [0.5, 0.6) is 0 Å². The van der Waals surface area contributed by atoms with Crippen LogP contribution in [0.25, 0.3) is 5.69 Å². The highest BCUT2D eigenvalue weighted by Gasteiger charge is 2.27. The van der Waals surface area contributed by atoms with E-state index < -0.39 is 18.6 Å². The number of carbonyl (C=O) groups is 1. The van der Waals surface area contributed by atoms with Gasteiger partial charge in [-0.2, -0.15) is 23.5 Å². The SMILES string of the molecule is N#Cc1cnn(-c2ccc(C(=O)NCC(F)(F)F)cc2)c1N. The van der Waals surface area contributed by atoms with Gasteiger partial charge in [0.1, 0.15) is 24.0 Å². The third-order valence-corrected chi connectivity index (χ3v) is 2.75. The van der Waals surface area contributed by atoms with Crippen molar-refractivity contribution in [3.05, 3.63) is 41.6 Å². The Morgan fingerprint density at radius 2 is 2.00 bits per heavy atom. The molecule has 1 amide bonds. The number of anilines is 1. The third kappa shape index (κ3) is 3.35. The molecule has 1 heterocycles. The molecule has 6 nitrogen and oxygen atoms in total. The topological polar surface area (TPSA) is 96.7 Å². The smallest absolute Gasteiger partial charge is 0.382 e. The van der Waals surface area contributed by atoms with Crippen molar-refractivity contribution < 1.29 is 18.0 Å². The van der Waals surface area contributed by atoms with Crippen molar-refractivity contribution in [3.8, 4) is 11.8 Å². The highest BCUT2D eigenvalue weighted by atomic mass is 19.4. The Morgan fingerprint density at radius 3 is 2.50 bits per heavy atom. The van der Waals surface area contributed by atoms with E-state index in [9.17, 15) is 18.0 Å². The van der Waals surface area contributed by atoms with Crippen LogP contribution in [0.2, 0.25) is 0 Å². The Labute approximate surface area is 122 Å². The van der Waals surface area contributed by atoms with Crippen LogP contribution in [0.3, 0.4) is 0 Å². The number of hydrogen-bond donors (Lipinski definition) is 2. The van der Waals surface area contributed by atoms with E-state index in [0.717, 1.165) is 0 Å². The quantitative estimate of drug-likeness (QED) is 0.900. The summed E-state index contributed by atoms with van der Waals surface area (Å²) < 4.78 is 37.4. The van der Waals surface area contributed by atoms with E-state index in [0.29, 0.717) is 5.69 Å². The van der Waals surface area contributed by atoms with Crippen molar-refractivity contribution in [3.63, 3.8) is 0 Å². The molecule has 0 aliphatic carbocycles. The third-order valence-electron chi connectivity index (χ3n) is 2.75. The molecule has 1 aromatic carbocycles. The van der Waals surface area contributed by atoms with Gasteiger partial charge in [0.25, 0.3) is 5.91 Å². The first kappa shape index (κ1) is 15.4. The molecule has 2 aromatic rings. The summed E-state index contributed by atoms with van der Waals surface area (Å²) in [5.74, 6) is -0.702. The van der Waals surface area contributed by atoms with Crippen molar-refractivity contribution in [1.29, 1.82) is 5.26 Å². The maximum atomic E-state index is 12.0. The summed E-state index contributed by atoms with van der Waals surface area (Å²) in [6.45, 7) is -1.40. The summed E-state index contributed by atoms with van der Waals surface area (Å²) in [7, 11) is 0. The number of alkyl halides is 3. The zero-order valence-electron chi connectivity index (χ0n) is 11.1. The summed E-state index contributed by atoms with van der Waals surface area (Å²) in [5.41, 5.74) is 6.46. The van der Waals surface area contributed by atoms with Gasteiger partial charge in [0.2, 0.25) is 0 Å². The van der Waals surface area contributed by atoms with Gasteiger partial charge < -0.3 is 11.1 Å². The molecule has 0 aliphatic rings. The molecule has 2 rings (SSSR count). The van der Waals surface area contributed by atoms with Gasteiger partial charge in [0, 0.05) is 5.56 Å². The predicted molar refractivity (Wildman–Crippen MR) is 71.1 cm³/mol. The molecule has 0 radical (unpaired) electrons. The lowest BCUT2D eigenvalue weighted by molar-refractivity contribution is -0.123. The van der Waals surface area contributed by atoms with Crippen LogP contribution in [-0.4, -0.2) is 28.4 Å². The second kappa shape index (κ2) is 5.77. The largest absolute Gasteiger partial charge is 0.405 e. The van der Waals surface area contributed by atoms with Gasteiger partial charge in [-0.1, -0.05) is 0 Å². The first-order valence-electron chi connectivity index (χ1n) is 6.01. The summed E-state index contributed by atoms with van der Waals surface area (Å²) in [4.78, 5) is 11.6. The Balaban J connectivity index is 2.15. The van der Waals surface area contributed by atoms with Crippen molar-refractivity contribution in [2.45, 2.75) is 6.18 Å². The van der Waals surface area contributed by atoms with E-state index in [2.05, 4.69) is 5.10 Å². The molecule has 0 saturated heterocycles. The Kier molecular flexibility index (Phi) is 4.03. The fraction of sp³-hybridized carbons (Fsp3) is 0.154. The van der Waals surface area contributed by atoms with E-state index in [1.165, 1.54) is 35.1 Å². The highest BCUT2D eigenvalue weighted by Crippen LogP contribution is 2.17. The maximum absolute atomic E-state index is 12.0. The molecular formula is C13H10F3N5O. The first-order chi connectivity index (χ1) is 10.3. The zero-order valence-corrected chi connectivity index (χ0v) is 11.1. The molecule has 3 N–H and O–H groups in total. The maximum Gasteiger partial charge on any atom is 0.405 e. The van der Waals surface area contributed by atoms with Crippen molar-refractivity contribution in [2.75, 3.05) is 12.3 Å². The fourth-order valence-corrected chi connectivity index (χ4v) is 1.69. The van der Waals surface area contributed by atoms with E-state index in [4.69, 9.17) is 11.0 Å². The zero-order chi connectivity index (χ0) is 16.3. The summed E-state index contributed by atoms with van der Waals surface area (Å²) in [5, 5.41) is 14.5. The number of benzene rings is 1. The molecule has 0 fully saturated rings. The van der Waals surface area contributed by atoms with Gasteiger partial charge in [-0.25, -0.2) is 4.68 Å². The number of carbonyl (C=O) groups excluding carboxylic acids is 1. The molecule has 0 bridgehead atoms. The number of rotatable bonds is 3. The minimum Gasteiger partial charge on any atom is -0.382 e. The van der Waals surface area contributed by atoms with Crippen LogP contribution in [-0.2, 0) is 0 Å². The van der Waals surface area contributed by atoms with E-state index >= 15 is 0 Å².